The Balaban J connectivity index is 0.000000164. The van der Waals surface area contributed by atoms with Gasteiger partial charge in [0.15, 0.2) is 87.3 Å². The number of carbonyl (C=O) groups is 5. The van der Waals surface area contributed by atoms with Crippen LogP contribution in [0.15, 0.2) is 123 Å². The Morgan fingerprint density at radius 2 is 0.591 bits per heavy atom. The SMILES string of the molecule is CC(C)(Nc1nc(-c2c[nH]c3ncc(F)cc23)ncc1F)C(=O)NCC(F)(F)F.CC(C)(Nc1nc(-c2c[nH]c3ncc(F)cc23)ncc1F)C(=O)NCC(F)F.CC(C)(Nc1nc(-c2c[nH]c3ncc(F)cc23)ncc1F)C(=O)NCCF.CCN(C)C(=O)C(C)(C)Nc1nc(-c2c[nH]c3ncc(F)cc23)ncc1F.CCNC(=O)C(C)(C)Nc1nc(-c2c[nH]c3ncc(F)cc23)ncc1F. The molecule has 0 spiro atoms. The van der Waals surface area contributed by atoms with E-state index in [4.69, 9.17) is 0 Å². The lowest BCUT2D eigenvalue weighted by atomic mass is 10.0. The van der Waals surface area contributed by atoms with Gasteiger partial charge in [-0.2, -0.15) is 13.2 Å². The van der Waals surface area contributed by atoms with E-state index in [9.17, 15) is 94.2 Å². The minimum atomic E-state index is -4.59. The number of aromatic nitrogens is 20. The molecule has 0 unspecified atom stereocenters. The number of hydrogen-bond donors (Lipinski definition) is 14. The summed E-state index contributed by atoms with van der Waals surface area (Å²) in [6.07, 6.45) is 10.4. The minimum absolute atomic E-state index is 0.000880. The fourth-order valence-corrected chi connectivity index (χ4v) is 12.7. The molecule has 0 saturated heterocycles. The summed E-state index contributed by atoms with van der Waals surface area (Å²) >= 11 is 0. The van der Waals surface area contributed by atoms with E-state index >= 15 is 0 Å². The summed E-state index contributed by atoms with van der Waals surface area (Å²) in [6.45, 7) is 16.3. The van der Waals surface area contributed by atoms with Gasteiger partial charge < -0.3 is 77.7 Å². The number of H-pyrrole nitrogens is 5. The molecule has 0 radical (unpaired) electrons. The van der Waals surface area contributed by atoms with Crippen molar-refractivity contribution in [2.24, 2.45) is 0 Å². The van der Waals surface area contributed by atoms with Crippen LogP contribution in [0.2, 0.25) is 0 Å². The number of anilines is 5. The van der Waals surface area contributed by atoms with Crippen molar-refractivity contribution in [3.8, 4) is 56.9 Å². The van der Waals surface area contributed by atoms with Crippen LogP contribution in [-0.4, -0.2) is 221 Å². The third-order valence-corrected chi connectivity index (χ3v) is 19.8. The second-order valence-electron chi connectivity index (χ2n) is 32.5. The zero-order chi connectivity index (χ0) is 100. The second kappa shape index (κ2) is 42.1. The molecule has 5 amide bonds. The van der Waals surface area contributed by atoms with Gasteiger partial charge in [0.2, 0.25) is 29.5 Å². The molecule has 722 valence electrons. The van der Waals surface area contributed by atoms with Crippen LogP contribution in [0.1, 0.15) is 83.1 Å². The van der Waals surface area contributed by atoms with Crippen molar-refractivity contribution in [3.05, 3.63) is 181 Å². The molecule has 15 rings (SSSR count). The normalized spacial score (nSPS) is 11.8. The first kappa shape index (κ1) is 102. The molecule has 14 N–H and O–H groups in total. The number of amides is 5. The summed E-state index contributed by atoms with van der Waals surface area (Å²) in [5.74, 6) is -10.0. The summed E-state index contributed by atoms with van der Waals surface area (Å²) < 4.78 is 212. The number of nitrogens with zero attached hydrogens (tertiary/aromatic N) is 16. The highest BCUT2D eigenvalue weighted by molar-refractivity contribution is 5.97. The lowest BCUT2D eigenvalue weighted by molar-refractivity contribution is -0.140. The maximum atomic E-state index is 14.3. The fourth-order valence-electron chi connectivity index (χ4n) is 12.7. The van der Waals surface area contributed by atoms with E-state index in [0.29, 0.717) is 96.1 Å². The molecule has 35 nitrogen and oxygen atoms in total. The van der Waals surface area contributed by atoms with Crippen molar-refractivity contribution < 1.29 is 94.2 Å². The fraction of sp³-hybridized carbons (Fsp3) is 0.302. The molecule has 0 aromatic carbocycles. The maximum absolute atomic E-state index is 14.3. The molecule has 0 aliphatic carbocycles. The Kier molecular flexibility index (Phi) is 31.2. The average Bonchev–Trinajstić information content (AvgIpc) is 1.68. The minimum Gasteiger partial charge on any atom is -0.354 e. The topological polar surface area (TPSA) is 469 Å². The second-order valence-corrected chi connectivity index (χ2v) is 32.5. The smallest absolute Gasteiger partial charge is 0.354 e. The van der Waals surface area contributed by atoms with Crippen LogP contribution < -0.4 is 47.9 Å². The van der Waals surface area contributed by atoms with Crippen LogP contribution >= 0.6 is 0 Å². The van der Waals surface area contributed by atoms with Gasteiger partial charge in [-0.1, -0.05) is 0 Å². The average molecular weight is 1920 g/mol. The standard InChI is InChI=1S/C18H20F2N6O.C17H15F5N6O.C17H16F4N6O.C17H17F3N6O.C17H18F2N6O/c1-5-26(4)17(27)18(2,3)25-16-13(20)9-23-15(24-16)12-8-22-14-11(12)6-10(19)7-21-14;1-16(2,15(29)26-7-17(20,21)22)28-14-11(19)6-25-13(27-14)10-5-24-12-9(10)3-8(18)4-23-12;1-17(2,16(28)25-7-12(20)21)27-15-11(19)6-24-14(26-15)10-5-23-13-9(10)3-8(18)4-22-13;1-17(2,16(27)21-4-3-18)26-15-12(20)8-24-14(25-15)11-7-23-13-10(11)5-9(19)6-22-13;1-4-20-16(26)17(2,3)25-15-12(19)8-23-14(24-15)11-7-22-13-10(11)5-9(18)6-21-13/h6-9H,5H2,1-4H3,(H,21,22)(H,23,24,25);3-6H,7H2,1-2H3,(H,23,24)(H,26,29)(H,25,27,28);3-6,12H,7H2,1-2H3,(H,22,23)(H,25,28)(H,24,26,27);5-8H,3-4H2,1-2H3,(H,21,27)(H,22,23)(H,24,25,26);5-8H,4H2,1-3H3,(H,20,26)(H,21,22)(H,23,24,25). The van der Waals surface area contributed by atoms with Gasteiger partial charge in [-0.15, -0.1) is 0 Å². The van der Waals surface area contributed by atoms with Crippen molar-refractivity contribution >= 4 is 114 Å². The lowest BCUT2D eigenvalue weighted by Crippen LogP contribution is -2.50. The van der Waals surface area contributed by atoms with Gasteiger partial charge in [-0.3, -0.25) is 24.0 Å². The Morgan fingerprint density at radius 1 is 0.350 bits per heavy atom. The molecule has 0 bridgehead atoms. The summed E-state index contributed by atoms with van der Waals surface area (Å²) in [5, 5.41) is 24.4. The van der Waals surface area contributed by atoms with Crippen LogP contribution in [-0.2, 0) is 24.0 Å². The van der Waals surface area contributed by atoms with Crippen LogP contribution in [0.4, 0.5) is 99.3 Å². The van der Waals surface area contributed by atoms with Gasteiger partial charge >= 0.3 is 6.18 Å². The number of halogens is 16. The van der Waals surface area contributed by atoms with E-state index < -0.39 is 142 Å². The zero-order valence-electron chi connectivity index (χ0n) is 74.6. The number of carbonyl (C=O) groups excluding carboxylic acids is 5. The Bertz CT molecular complexity index is 6930. The molecule has 0 aliphatic heterocycles. The first-order chi connectivity index (χ1) is 64.5. The molecule has 15 aromatic heterocycles. The summed E-state index contributed by atoms with van der Waals surface area (Å²) in [4.78, 5) is 136. The van der Waals surface area contributed by atoms with Gasteiger partial charge in [0.05, 0.1) is 68.5 Å². The summed E-state index contributed by atoms with van der Waals surface area (Å²) in [6, 6.07) is 6.30. The Morgan fingerprint density at radius 3 is 0.825 bits per heavy atom. The first-order valence-corrected chi connectivity index (χ1v) is 41.0. The Hall–Kier alpha value is -15.9. The summed E-state index contributed by atoms with van der Waals surface area (Å²) in [7, 11) is 1.67. The van der Waals surface area contributed by atoms with Crippen LogP contribution in [0.25, 0.3) is 112 Å². The summed E-state index contributed by atoms with van der Waals surface area (Å²) in [5.41, 5.74) is -2.26. The quantitative estimate of drug-likeness (QED) is 0.0213. The van der Waals surface area contributed by atoms with Crippen LogP contribution in [0, 0.1) is 58.2 Å². The highest BCUT2D eigenvalue weighted by Crippen LogP contribution is 2.35. The molecule has 0 saturated carbocycles. The molecule has 0 fully saturated rings. The molecular weight excluding hydrogens is 1840 g/mol. The van der Waals surface area contributed by atoms with Crippen LogP contribution in [0.5, 0.6) is 0 Å². The van der Waals surface area contributed by atoms with Gasteiger partial charge in [-0.05, 0) is 113 Å². The molecule has 51 heteroatoms. The number of nitrogens with one attached hydrogen (secondary N) is 14. The molecular formula is C86H86F16N30O5. The van der Waals surface area contributed by atoms with E-state index in [2.05, 4.69) is 142 Å². The molecule has 15 aromatic rings. The highest BCUT2D eigenvalue weighted by atomic mass is 19.4. The predicted molar refractivity (Wildman–Crippen MR) is 473 cm³/mol. The van der Waals surface area contributed by atoms with Gasteiger partial charge in [-0.25, -0.2) is 132 Å². The number of fused-ring (bicyclic) bond motifs is 5. The van der Waals surface area contributed by atoms with E-state index in [1.807, 2.05) is 6.92 Å². The van der Waals surface area contributed by atoms with Crippen molar-refractivity contribution in [2.45, 2.75) is 123 Å². The number of aromatic amines is 5. The number of likely N-dealkylation sites (N-methyl/N-ethyl adjacent to an activating group) is 2. The largest absolute Gasteiger partial charge is 0.405 e. The lowest BCUT2D eigenvalue weighted by Gasteiger charge is -2.30. The van der Waals surface area contributed by atoms with E-state index in [1.54, 1.807) is 59.4 Å². The van der Waals surface area contributed by atoms with Gasteiger partial charge in [0.1, 0.15) is 98.2 Å². The molecule has 15 heterocycles. The Labute approximate surface area is 765 Å². The van der Waals surface area contributed by atoms with E-state index in [1.165, 1.54) is 95.4 Å². The first-order valence-electron chi connectivity index (χ1n) is 41.0. The van der Waals surface area contributed by atoms with Gasteiger partial charge in [0, 0.05) is 112 Å². The number of hydrogen-bond acceptors (Lipinski definition) is 25. The van der Waals surface area contributed by atoms with Crippen LogP contribution in [0.3, 0.4) is 0 Å². The van der Waals surface area contributed by atoms with Crippen molar-refractivity contribution in [3.63, 3.8) is 0 Å². The number of pyridine rings is 5. The van der Waals surface area contributed by atoms with E-state index in [-0.39, 0.29) is 70.8 Å². The third kappa shape index (κ3) is 25.1. The van der Waals surface area contributed by atoms with Gasteiger partial charge in [0.25, 0.3) is 6.43 Å². The molecule has 0 aliphatic rings. The van der Waals surface area contributed by atoms with E-state index in [0.717, 1.165) is 62.0 Å². The van der Waals surface area contributed by atoms with Crippen molar-refractivity contribution in [2.75, 3.05) is 73.0 Å². The monoisotopic (exact) mass is 1920 g/mol. The third-order valence-electron chi connectivity index (χ3n) is 19.8. The highest BCUT2D eigenvalue weighted by Gasteiger charge is 2.37. The molecule has 0 atom stereocenters. The predicted octanol–water partition coefficient (Wildman–Crippen LogP) is 14.2. The van der Waals surface area contributed by atoms with Crippen molar-refractivity contribution in [1.29, 1.82) is 0 Å². The number of alkyl halides is 6. The molecule has 137 heavy (non-hydrogen) atoms. The maximum Gasteiger partial charge on any atom is 0.405 e. The van der Waals surface area contributed by atoms with Crippen molar-refractivity contribution in [1.82, 2.24) is 126 Å². The number of rotatable bonds is 27. The zero-order valence-corrected chi connectivity index (χ0v) is 74.6.